The van der Waals surface area contributed by atoms with E-state index in [4.69, 9.17) is 0 Å². The normalized spacial score (nSPS) is 13.7. The maximum Gasteiger partial charge on any atom is 0.326 e. The summed E-state index contributed by atoms with van der Waals surface area (Å²) in [6.45, 7) is 2.02. The lowest BCUT2D eigenvalue weighted by Gasteiger charge is -2.14. The number of aliphatic carboxylic acids is 1. The van der Waals surface area contributed by atoms with Crippen LogP contribution in [0.4, 0.5) is 0 Å². The number of nitrogens with one attached hydrogen (secondary N) is 1. The van der Waals surface area contributed by atoms with Crippen LogP contribution in [-0.4, -0.2) is 32.8 Å². The number of nitrogens with zero attached hydrogens (tertiary/aromatic N) is 2. The van der Waals surface area contributed by atoms with Gasteiger partial charge >= 0.3 is 5.97 Å². The molecule has 0 bridgehead atoms. The molecule has 4 rings (SSSR count). The van der Waals surface area contributed by atoms with Gasteiger partial charge in [-0.25, -0.2) is 9.48 Å². The number of carboxylic acids is 1. The molecule has 0 spiro atoms. The Morgan fingerprint density at radius 2 is 1.83 bits per heavy atom. The fourth-order valence-electron chi connectivity index (χ4n) is 3.80. The summed E-state index contributed by atoms with van der Waals surface area (Å²) in [6, 6.07) is 16.3. The highest BCUT2D eigenvalue weighted by molar-refractivity contribution is 5.96. The van der Waals surface area contributed by atoms with E-state index in [9.17, 15) is 14.7 Å². The number of carboxylic acid groups (broad SMARTS) is 1. The molecule has 3 aromatic rings. The van der Waals surface area contributed by atoms with Crippen LogP contribution in [0.2, 0.25) is 0 Å². The van der Waals surface area contributed by atoms with E-state index in [0.717, 1.165) is 47.3 Å². The zero-order valence-electron chi connectivity index (χ0n) is 16.3. The van der Waals surface area contributed by atoms with Crippen LogP contribution in [0.25, 0.3) is 5.69 Å². The maximum absolute atomic E-state index is 13.0. The molecule has 148 valence electrons. The van der Waals surface area contributed by atoms with Crippen LogP contribution in [0, 0.1) is 6.92 Å². The Morgan fingerprint density at radius 3 is 2.52 bits per heavy atom. The number of aromatic nitrogens is 2. The minimum Gasteiger partial charge on any atom is -0.480 e. The van der Waals surface area contributed by atoms with Crippen molar-refractivity contribution in [2.24, 2.45) is 0 Å². The third-order valence-electron chi connectivity index (χ3n) is 5.31. The molecule has 1 atom stereocenters. The Bertz CT molecular complexity index is 1040. The number of carbonyl (C=O) groups is 2. The molecule has 1 heterocycles. The molecule has 29 heavy (non-hydrogen) atoms. The van der Waals surface area contributed by atoms with Crippen molar-refractivity contribution in [3.05, 3.63) is 82.7 Å². The highest BCUT2D eigenvalue weighted by atomic mass is 16.4. The Hall–Kier alpha value is -3.41. The third-order valence-corrected chi connectivity index (χ3v) is 5.31. The van der Waals surface area contributed by atoms with Crippen LogP contribution in [0.15, 0.2) is 54.6 Å². The molecule has 0 radical (unpaired) electrons. The zero-order chi connectivity index (χ0) is 20.4. The number of carbonyl (C=O) groups excluding carboxylic acids is 1. The summed E-state index contributed by atoms with van der Waals surface area (Å²) in [5.74, 6) is -1.49. The van der Waals surface area contributed by atoms with E-state index in [1.807, 2.05) is 66.2 Å². The predicted molar refractivity (Wildman–Crippen MR) is 109 cm³/mol. The van der Waals surface area contributed by atoms with Gasteiger partial charge < -0.3 is 10.4 Å². The summed E-state index contributed by atoms with van der Waals surface area (Å²) in [5.41, 5.74) is 5.21. The molecule has 1 aliphatic rings. The SMILES string of the molecule is Cc1ccc(-n2nc(C(=O)NC(Cc3ccccc3)C(=O)O)c3c2CCC3)cc1. The van der Waals surface area contributed by atoms with Crippen molar-refractivity contribution in [2.45, 2.75) is 38.6 Å². The molecule has 0 aliphatic heterocycles. The van der Waals surface area contributed by atoms with Gasteiger partial charge in [-0.15, -0.1) is 0 Å². The van der Waals surface area contributed by atoms with Gasteiger partial charge in [0.25, 0.3) is 5.91 Å². The van der Waals surface area contributed by atoms with Crippen molar-refractivity contribution in [1.82, 2.24) is 15.1 Å². The molecular formula is C23H23N3O3. The van der Waals surface area contributed by atoms with Crippen LogP contribution in [-0.2, 0) is 24.1 Å². The minimum absolute atomic E-state index is 0.225. The number of aryl methyl sites for hydroxylation is 1. The van der Waals surface area contributed by atoms with Gasteiger partial charge in [0.15, 0.2) is 5.69 Å². The molecule has 0 saturated heterocycles. The summed E-state index contributed by atoms with van der Waals surface area (Å²) in [7, 11) is 0. The Kier molecular flexibility index (Phi) is 5.16. The van der Waals surface area contributed by atoms with Gasteiger partial charge in [-0.2, -0.15) is 5.10 Å². The van der Waals surface area contributed by atoms with Crippen molar-refractivity contribution >= 4 is 11.9 Å². The first kappa shape index (κ1) is 18.9. The average Bonchev–Trinajstić information content (AvgIpc) is 3.31. The van der Waals surface area contributed by atoms with E-state index in [1.165, 1.54) is 0 Å². The van der Waals surface area contributed by atoms with E-state index in [2.05, 4.69) is 10.4 Å². The number of hydrogen-bond donors (Lipinski definition) is 2. The van der Waals surface area contributed by atoms with Crippen LogP contribution in [0.1, 0.15) is 39.3 Å². The average molecular weight is 389 g/mol. The number of fused-ring (bicyclic) bond motifs is 1. The Labute approximate surface area is 169 Å². The van der Waals surface area contributed by atoms with Gasteiger partial charge in [0, 0.05) is 17.7 Å². The second-order valence-electron chi connectivity index (χ2n) is 7.43. The predicted octanol–water partition coefficient (Wildman–Crippen LogP) is 3.10. The molecule has 2 aromatic carbocycles. The highest BCUT2D eigenvalue weighted by Crippen LogP contribution is 2.28. The largest absolute Gasteiger partial charge is 0.480 e. The van der Waals surface area contributed by atoms with Gasteiger partial charge in [0.05, 0.1) is 5.69 Å². The lowest BCUT2D eigenvalue weighted by Crippen LogP contribution is -2.42. The van der Waals surface area contributed by atoms with Gasteiger partial charge in [-0.05, 0) is 43.9 Å². The summed E-state index contributed by atoms with van der Waals surface area (Å²) in [6.07, 6.45) is 2.82. The quantitative estimate of drug-likeness (QED) is 0.679. The monoisotopic (exact) mass is 389 g/mol. The lowest BCUT2D eigenvalue weighted by molar-refractivity contribution is -0.139. The number of benzene rings is 2. The number of hydrogen-bond acceptors (Lipinski definition) is 3. The lowest BCUT2D eigenvalue weighted by atomic mass is 10.1. The van der Waals surface area contributed by atoms with Crippen molar-refractivity contribution in [3.8, 4) is 5.69 Å². The molecule has 6 nitrogen and oxygen atoms in total. The van der Waals surface area contributed by atoms with Gasteiger partial charge in [0.2, 0.25) is 0 Å². The molecular weight excluding hydrogens is 366 g/mol. The second kappa shape index (κ2) is 7.91. The van der Waals surface area contributed by atoms with Gasteiger partial charge in [-0.1, -0.05) is 48.0 Å². The van der Waals surface area contributed by atoms with E-state index < -0.39 is 17.9 Å². The van der Waals surface area contributed by atoms with Crippen molar-refractivity contribution < 1.29 is 14.7 Å². The van der Waals surface area contributed by atoms with E-state index in [0.29, 0.717) is 5.69 Å². The van der Waals surface area contributed by atoms with Crippen molar-refractivity contribution in [1.29, 1.82) is 0 Å². The maximum atomic E-state index is 13.0. The van der Waals surface area contributed by atoms with Gasteiger partial charge in [0.1, 0.15) is 6.04 Å². The first-order valence-electron chi connectivity index (χ1n) is 9.78. The van der Waals surface area contributed by atoms with E-state index >= 15 is 0 Å². The standard InChI is InChI=1S/C23H23N3O3/c1-15-10-12-17(13-11-15)26-20-9-5-8-18(20)21(25-26)22(27)24-19(23(28)29)14-16-6-3-2-4-7-16/h2-4,6-7,10-13,19H,5,8-9,14H2,1H3,(H,24,27)(H,28,29). The summed E-state index contributed by atoms with van der Waals surface area (Å²) < 4.78 is 1.82. The molecule has 1 aromatic heterocycles. The Morgan fingerprint density at radius 1 is 1.10 bits per heavy atom. The fourth-order valence-corrected chi connectivity index (χ4v) is 3.80. The van der Waals surface area contributed by atoms with Crippen LogP contribution in [0.3, 0.4) is 0 Å². The first-order valence-corrected chi connectivity index (χ1v) is 9.78. The zero-order valence-corrected chi connectivity index (χ0v) is 16.3. The number of rotatable bonds is 6. The van der Waals surface area contributed by atoms with E-state index in [1.54, 1.807) is 0 Å². The molecule has 0 saturated carbocycles. The topological polar surface area (TPSA) is 84.2 Å². The van der Waals surface area contributed by atoms with Crippen LogP contribution < -0.4 is 5.32 Å². The Balaban J connectivity index is 1.60. The molecule has 1 aliphatic carbocycles. The first-order chi connectivity index (χ1) is 14.0. The molecule has 1 unspecified atom stereocenters. The summed E-state index contributed by atoms with van der Waals surface area (Å²) in [5, 5.41) is 16.8. The van der Waals surface area contributed by atoms with Crippen molar-refractivity contribution in [2.75, 3.05) is 0 Å². The molecule has 6 heteroatoms. The van der Waals surface area contributed by atoms with Crippen molar-refractivity contribution in [3.63, 3.8) is 0 Å². The smallest absolute Gasteiger partial charge is 0.326 e. The fraction of sp³-hybridized carbons (Fsp3) is 0.261. The number of amides is 1. The molecule has 0 fully saturated rings. The molecule has 1 amide bonds. The second-order valence-corrected chi connectivity index (χ2v) is 7.43. The third kappa shape index (κ3) is 3.92. The van der Waals surface area contributed by atoms with Crippen LogP contribution >= 0.6 is 0 Å². The molecule has 2 N–H and O–H groups in total. The summed E-state index contributed by atoms with van der Waals surface area (Å²) in [4.78, 5) is 24.7. The summed E-state index contributed by atoms with van der Waals surface area (Å²) >= 11 is 0. The van der Waals surface area contributed by atoms with E-state index in [-0.39, 0.29) is 6.42 Å². The minimum atomic E-state index is -1.06. The van der Waals surface area contributed by atoms with Gasteiger partial charge in [-0.3, -0.25) is 4.79 Å². The van der Waals surface area contributed by atoms with Crippen LogP contribution in [0.5, 0.6) is 0 Å². The highest BCUT2D eigenvalue weighted by Gasteiger charge is 2.29.